The van der Waals surface area contributed by atoms with E-state index in [1.54, 1.807) is 12.1 Å². The molecule has 4 nitrogen and oxygen atoms in total. The number of benzene rings is 1. The van der Waals surface area contributed by atoms with Crippen LogP contribution in [0.2, 0.25) is 10.0 Å². The fraction of sp³-hybridized carbons (Fsp3) is 0.444. The van der Waals surface area contributed by atoms with Crippen LogP contribution < -0.4 is 16.0 Å². The topological polar surface area (TPSA) is 53.2 Å². The molecular formula is C18H21Cl2N3OS. The summed E-state index contributed by atoms with van der Waals surface area (Å²) in [6.07, 6.45) is 5.63. The van der Waals surface area contributed by atoms with E-state index in [1.165, 1.54) is 6.42 Å². The summed E-state index contributed by atoms with van der Waals surface area (Å²) < 4.78 is 0. The Labute approximate surface area is 163 Å². The van der Waals surface area contributed by atoms with E-state index in [4.69, 9.17) is 35.4 Å². The number of hydrogen-bond donors (Lipinski definition) is 3. The molecule has 1 amide bonds. The second-order valence-electron chi connectivity index (χ2n) is 6.54. The van der Waals surface area contributed by atoms with Crippen LogP contribution in [0.4, 0.5) is 0 Å². The van der Waals surface area contributed by atoms with Gasteiger partial charge in [0.1, 0.15) is 0 Å². The maximum Gasteiger partial charge on any atom is 0.251 e. The number of rotatable bonds is 3. The van der Waals surface area contributed by atoms with Crippen LogP contribution in [-0.2, 0) is 4.79 Å². The largest absolute Gasteiger partial charge is 0.351 e. The lowest BCUT2D eigenvalue weighted by molar-refractivity contribution is -0.118. The molecule has 3 rings (SSSR count). The minimum atomic E-state index is -0.401. The molecule has 1 aromatic rings. The predicted octanol–water partition coefficient (Wildman–Crippen LogP) is 4.24. The van der Waals surface area contributed by atoms with Crippen molar-refractivity contribution in [1.29, 1.82) is 0 Å². The lowest BCUT2D eigenvalue weighted by Crippen LogP contribution is -2.48. The summed E-state index contributed by atoms with van der Waals surface area (Å²) in [6.45, 7) is 1.86. The van der Waals surface area contributed by atoms with Crippen molar-refractivity contribution >= 4 is 46.4 Å². The number of allylic oxidation sites excluding steroid dienone is 1. The highest BCUT2D eigenvalue weighted by molar-refractivity contribution is 7.80. The van der Waals surface area contributed by atoms with Gasteiger partial charge in [0.25, 0.3) is 5.91 Å². The van der Waals surface area contributed by atoms with Crippen LogP contribution in [0.1, 0.15) is 50.6 Å². The first-order valence-corrected chi connectivity index (χ1v) is 9.66. The minimum absolute atomic E-state index is 0.0806. The molecular weight excluding hydrogens is 377 g/mol. The van der Waals surface area contributed by atoms with E-state index in [2.05, 4.69) is 16.0 Å². The first-order chi connectivity index (χ1) is 12.0. The highest BCUT2D eigenvalue weighted by Gasteiger charge is 2.32. The van der Waals surface area contributed by atoms with Crippen LogP contribution in [0, 0.1) is 0 Å². The molecule has 134 valence electrons. The summed E-state index contributed by atoms with van der Waals surface area (Å²) >= 11 is 17.7. The van der Waals surface area contributed by atoms with Gasteiger partial charge in [-0.05, 0) is 49.7 Å². The fourth-order valence-electron chi connectivity index (χ4n) is 3.47. The molecule has 1 unspecified atom stereocenters. The third kappa shape index (κ3) is 4.27. The maximum absolute atomic E-state index is 13.0. The van der Waals surface area contributed by atoms with E-state index in [0.29, 0.717) is 20.7 Å². The molecule has 1 aliphatic carbocycles. The van der Waals surface area contributed by atoms with Crippen LogP contribution in [0.3, 0.4) is 0 Å². The van der Waals surface area contributed by atoms with Crippen molar-refractivity contribution in [3.63, 3.8) is 0 Å². The summed E-state index contributed by atoms with van der Waals surface area (Å²) in [5.74, 6) is -0.0806. The summed E-state index contributed by atoms with van der Waals surface area (Å²) in [4.78, 5) is 13.0. The van der Waals surface area contributed by atoms with Crippen molar-refractivity contribution in [3.8, 4) is 0 Å². The Balaban J connectivity index is 1.90. The van der Waals surface area contributed by atoms with Gasteiger partial charge in [0.05, 0.1) is 11.6 Å². The van der Waals surface area contributed by atoms with E-state index in [9.17, 15) is 4.79 Å². The number of hydrogen-bond acceptors (Lipinski definition) is 2. The zero-order valence-electron chi connectivity index (χ0n) is 14.0. The molecule has 1 aliphatic heterocycles. The molecule has 0 saturated heterocycles. The second kappa shape index (κ2) is 7.94. The summed E-state index contributed by atoms with van der Waals surface area (Å²) in [6, 6.07) is 5.11. The smallest absolute Gasteiger partial charge is 0.251 e. The molecule has 1 saturated carbocycles. The number of halogens is 2. The van der Waals surface area contributed by atoms with E-state index < -0.39 is 6.04 Å². The Morgan fingerprint density at radius 1 is 1.24 bits per heavy atom. The highest BCUT2D eigenvalue weighted by atomic mass is 35.5. The molecule has 1 aromatic carbocycles. The first-order valence-electron chi connectivity index (χ1n) is 8.50. The summed E-state index contributed by atoms with van der Waals surface area (Å²) in [5.41, 5.74) is 2.14. The molecule has 0 radical (unpaired) electrons. The number of nitrogens with one attached hydrogen (secondary N) is 3. The van der Waals surface area contributed by atoms with Crippen molar-refractivity contribution in [1.82, 2.24) is 16.0 Å². The van der Waals surface area contributed by atoms with Crippen molar-refractivity contribution < 1.29 is 4.79 Å². The average molecular weight is 398 g/mol. The number of thiocarbonyl (C=S) groups is 1. The Hall–Kier alpha value is -1.30. The Bertz CT molecular complexity index is 729. The van der Waals surface area contributed by atoms with Gasteiger partial charge >= 0.3 is 0 Å². The maximum atomic E-state index is 13.0. The van der Waals surface area contributed by atoms with Gasteiger partial charge in [-0.3, -0.25) is 4.79 Å². The van der Waals surface area contributed by atoms with Gasteiger partial charge in [0, 0.05) is 21.8 Å². The van der Waals surface area contributed by atoms with Gasteiger partial charge in [-0.1, -0.05) is 48.5 Å². The monoisotopic (exact) mass is 397 g/mol. The average Bonchev–Trinajstić information content (AvgIpc) is 2.54. The van der Waals surface area contributed by atoms with Crippen LogP contribution in [0.25, 0.3) is 0 Å². The molecule has 0 spiro atoms. The third-order valence-corrected chi connectivity index (χ3v) is 5.51. The zero-order chi connectivity index (χ0) is 18.0. The lowest BCUT2D eigenvalue weighted by Gasteiger charge is -2.32. The van der Waals surface area contributed by atoms with Crippen LogP contribution >= 0.6 is 35.4 Å². The van der Waals surface area contributed by atoms with Gasteiger partial charge in [0.2, 0.25) is 0 Å². The van der Waals surface area contributed by atoms with Gasteiger partial charge in [-0.25, -0.2) is 0 Å². The Morgan fingerprint density at radius 2 is 1.96 bits per heavy atom. The number of amides is 1. The standard InChI is InChI=1S/C18H21Cl2N3OS/c1-10-15(17(24)22-12-5-3-2-4-6-12)16(23-18(25)21-10)13-8-7-11(19)9-14(13)20/h7-9,12,16H,2-6H2,1H3,(H,22,24)(H2,21,23,25). The van der Waals surface area contributed by atoms with Gasteiger partial charge in [-0.15, -0.1) is 0 Å². The van der Waals surface area contributed by atoms with Gasteiger partial charge < -0.3 is 16.0 Å². The molecule has 0 aromatic heterocycles. The van der Waals surface area contributed by atoms with Gasteiger partial charge in [-0.2, -0.15) is 0 Å². The molecule has 1 fully saturated rings. The molecule has 2 aliphatic rings. The Morgan fingerprint density at radius 3 is 2.64 bits per heavy atom. The number of carbonyl (C=O) groups excluding carboxylic acids is 1. The van der Waals surface area contributed by atoms with Crippen LogP contribution in [-0.4, -0.2) is 17.1 Å². The molecule has 0 bridgehead atoms. The lowest BCUT2D eigenvalue weighted by atomic mass is 9.92. The minimum Gasteiger partial charge on any atom is -0.351 e. The summed E-state index contributed by atoms with van der Waals surface area (Å²) in [7, 11) is 0. The fourth-order valence-corrected chi connectivity index (χ4v) is 4.26. The predicted molar refractivity (Wildman–Crippen MR) is 106 cm³/mol. The highest BCUT2D eigenvalue weighted by Crippen LogP contribution is 2.33. The quantitative estimate of drug-likeness (QED) is 0.667. The molecule has 3 N–H and O–H groups in total. The van der Waals surface area contributed by atoms with Crippen LogP contribution in [0.5, 0.6) is 0 Å². The Kier molecular flexibility index (Phi) is 5.87. The van der Waals surface area contributed by atoms with E-state index in [1.807, 2.05) is 13.0 Å². The normalized spacial score (nSPS) is 21.6. The van der Waals surface area contributed by atoms with E-state index in [0.717, 1.165) is 36.9 Å². The SMILES string of the molecule is CC1=C(C(=O)NC2CCCCC2)C(c2ccc(Cl)cc2Cl)NC(=S)N1. The number of carbonyl (C=O) groups is 1. The molecule has 7 heteroatoms. The summed E-state index contributed by atoms with van der Waals surface area (Å²) in [5, 5.41) is 10.9. The van der Waals surface area contributed by atoms with E-state index in [-0.39, 0.29) is 11.9 Å². The first kappa shape index (κ1) is 18.5. The van der Waals surface area contributed by atoms with Crippen molar-refractivity contribution in [2.24, 2.45) is 0 Å². The zero-order valence-corrected chi connectivity index (χ0v) is 16.3. The molecule has 1 heterocycles. The van der Waals surface area contributed by atoms with Crippen LogP contribution in [0.15, 0.2) is 29.5 Å². The third-order valence-electron chi connectivity index (χ3n) is 4.73. The second-order valence-corrected chi connectivity index (χ2v) is 7.80. The van der Waals surface area contributed by atoms with Crippen molar-refractivity contribution in [2.45, 2.75) is 51.1 Å². The van der Waals surface area contributed by atoms with Crippen molar-refractivity contribution in [2.75, 3.05) is 0 Å². The van der Waals surface area contributed by atoms with E-state index >= 15 is 0 Å². The van der Waals surface area contributed by atoms with Crippen molar-refractivity contribution in [3.05, 3.63) is 45.1 Å². The van der Waals surface area contributed by atoms with Gasteiger partial charge in [0.15, 0.2) is 5.11 Å². The molecule has 25 heavy (non-hydrogen) atoms. The molecule has 1 atom stereocenters.